The number of carbonyl (C=O) groups excluding carboxylic acids is 1. The van der Waals surface area contributed by atoms with Gasteiger partial charge in [0, 0.05) is 6.42 Å². The zero-order chi connectivity index (χ0) is 44.2. The van der Waals surface area contributed by atoms with Crippen molar-refractivity contribution in [3.8, 4) is 0 Å². The maximum atomic E-state index is 12.5. The first-order valence-electron chi connectivity index (χ1n) is 28.0. The largest absolute Gasteiger partial charge is 0.394 e. The first kappa shape index (κ1) is 59.9. The van der Waals surface area contributed by atoms with Gasteiger partial charge in [-0.3, -0.25) is 4.79 Å². The second-order valence-corrected chi connectivity index (χ2v) is 19.4. The Bertz CT molecular complexity index is 886. The van der Waals surface area contributed by atoms with Crippen LogP contribution in [0.25, 0.3) is 0 Å². The van der Waals surface area contributed by atoms with E-state index in [0.29, 0.717) is 12.8 Å². The number of amides is 1. The Morgan fingerprint density at radius 3 is 0.984 bits per heavy atom. The van der Waals surface area contributed by atoms with Crippen molar-refractivity contribution < 1.29 is 15.0 Å². The van der Waals surface area contributed by atoms with Gasteiger partial charge < -0.3 is 15.5 Å². The SMILES string of the molecule is CCCCCCCCCCC/C=C\C/C=C\CCCCCCCCCCCC(=O)NC(CO)C(O)CCCCCCCCCCCCCCCCCCCCCCCCCC. The fourth-order valence-electron chi connectivity index (χ4n) is 8.92. The lowest BCUT2D eigenvalue weighted by molar-refractivity contribution is -0.123. The molecule has 0 aliphatic heterocycles. The number of aliphatic hydroxyl groups is 2. The summed E-state index contributed by atoms with van der Waals surface area (Å²) in [7, 11) is 0. The van der Waals surface area contributed by atoms with E-state index in [-0.39, 0.29) is 12.5 Å². The number of unbranched alkanes of at least 4 members (excludes halogenated alkanes) is 41. The van der Waals surface area contributed by atoms with Gasteiger partial charge in [0.1, 0.15) is 0 Å². The third kappa shape index (κ3) is 49.7. The van der Waals surface area contributed by atoms with E-state index in [9.17, 15) is 15.0 Å². The Morgan fingerprint density at radius 1 is 0.393 bits per heavy atom. The van der Waals surface area contributed by atoms with Crippen molar-refractivity contribution in [2.24, 2.45) is 0 Å². The maximum Gasteiger partial charge on any atom is 0.220 e. The first-order chi connectivity index (χ1) is 30.2. The zero-order valence-corrected chi connectivity index (χ0v) is 41.7. The molecule has 0 saturated heterocycles. The van der Waals surface area contributed by atoms with Crippen molar-refractivity contribution in [3.63, 3.8) is 0 Å². The van der Waals surface area contributed by atoms with Crippen molar-refractivity contribution in [1.29, 1.82) is 0 Å². The van der Waals surface area contributed by atoms with Crippen molar-refractivity contribution in [3.05, 3.63) is 24.3 Å². The molecule has 0 radical (unpaired) electrons. The summed E-state index contributed by atoms with van der Waals surface area (Å²) >= 11 is 0. The zero-order valence-electron chi connectivity index (χ0n) is 41.7. The smallest absolute Gasteiger partial charge is 0.220 e. The molecule has 0 aromatic rings. The maximum absolute atomic E-state index is 12.5. The van der Waals surface area contributed by atoms with Crippen LogP contribution in [0.3, 0.4) is 0 Å². The minimum atomic E-state index is -0.661. The number of nitrogens with one attached hydrogen (secondary N) is 1. The van der Waals surface area contributed by atoms with E-state index in [1.807, 2.05) is 0 Å². The van der Waals surface area contributed by atoms with Crippen LogP contribution in [-0.2, 0) is 4.79 Å². The van der Waals surface area contributed by atoms with Gasteiger partial charge >= 0.3 is 0 Å². The van der Waals surface area contributed by atoms with Gasteiger partial charge in [0.15, 0.2) is 0 Å². The second-order valence-electron chi connectivity index (χ2n) is 19.4. The van der Waals surface area contributed by atoms with Gasteiger partial charge in [0.05, 0.1) is 18.8 Å². The van der Waals surface area contributed by atoms with Crippen LogP contribution in [0, 0.1) is 0 Å². The normalized spacial score (nSPS) is 12.9. The molecule has 61 heavy (non-hydrogen) atoms. The highest BCUT2D eigenvalue weighted by molar-refractivity contribution is 5.76. The Kier molecular flexibility index (Phi) is 52.2. The topological polar surface area (TPSA) is 69.6 Å². The molecule has 0 fully saturated rings. The number of carbonyl (C=O) groups is 1. The molecular formula is C57H111NO3. The van der Waals surface area contributed by atoms with Gasteiger partial charge in [-0.1, -0.05) is 289 Å². The third-order valence-corrected chi connectivity index (χ3v) is 13.2. The summed E-state index contributed by atoms with van der Waals surface area (Å²) in [6, 6.07) is -0.538. The molecule has 0 aromatic carbocycles. The molecule has 0 heterocycles. The van der Waals surface area contributed by atoms with Gasteiger partial charge in [-0.25, -0.2) is 0 Å². The molecule has 4 heteroatoms. The van der Waals surface area contributed by atoms with Crippen LogP contribution < -0.4 is 5.32 Å². The van der Waals surface area contributed by atoms with E-state index < -0.39 is 12.1 Å². The summed E-state index contributed by atoms with van der Waals surface area (Å²) in [4.78, 5) is 12.5. The van der Waals surface area contributed by atoms with Crippen LogP contribution in [0.2, 0.25) is 0 Å². The van der Waals surface area contributed by atoms with Crippen LogP contribution in [0.15, 0.2) is 24.3 Å². The molecule has 4 nitrogen and oxygen atoms in total. The number of rotatable bonds is 52. The highest BCUT2D eigenvalue weighted by Crippen LogP contribution is 2.18. The Hall–Kier alpha value is -1.13. The molecular weight excluding hydrogens is 747 g/mol. The van der Waals surface area contributed by atoms with Crippen molar-refractivity contribution >= 4 is 5.91 Å². The fourth-order valence-corrected chi connectivity index (χ4v) is 8.92. The molecule has 2 atom stereocenters. The van der Waals surface area contributed by atoms with E-state index >= 15 is 0 Å². The van der Waals surface area contributed by atoms with Crippen LogP contribution in [0.5, 0.6) is 0 Å². The summed E-state index contributed by atoms with van der Waals surface area (Å²) < 4.78 is 0. The van der Waals surface area contributed by atoms with Crippen LogP contribution in [0.4, 0.5) is 0 Å². The van der Waals surface area contributed by atoms with Crippen molar-refractivity contribution in [1.82, 2.24) is 5.32 Å². The lowest BCUT2D eigenvalue weighted by Gasteiger charge is -2.22. The minimum Gasteiger partial charge on any atom is -0.394 e. The number of hydrogen-bond donors (Lipinski definition) is 3. The molecule has 0 bridgehead atoms. The molecule has 0 aromatic heterocycles. The molecule has 0 spiro atoms. The summed E-state index contributed by atoms with van der Waals surface area (Å²) in [5, 5.41) is 23.3. The quantitative estimate of drug-likeness (QED) is 0.0422. The summed E-state index contributed by atoms with van der Waals surface area (Å²) in [6.45, 7) is 4.39. The molecule has 0 aliphatic carbocycles. The van der Waals surface area contributed by atoms with Crippen LogP contribution in [0.1, 0.15) is 316 Å². The summed E-state index contributed by atoms with van der Waals surface area (Å²) in [5.74, 6) is -0.0307. The highest BCUT2D eigenvalue weighted by atomic mass is 16.3. The highest BCUT2D eigenvalue weighted by Gasteiger charge is 2.20. The lowest BCUT2D eigenvalue weighted by atomic mass is 10.0. The Labute approximate surface area is 383 Å². The minimum absolute atomic E-state index is 0.0307. The van der Waals surface area contributed by atoms with Crippen LogP contribution in [-0.4, -0.2) is 34.9 Å². The predicted molar refractivity (Wildman–Crippen MR) is 272 cm³/mol. The summed E-state index contributed by atoms with van der Waals surface area (Å²) in [6.07, 6.45) is 70.2. The summed E-state index contributed by atoms with van der Waals surface area (Å²) in [5.41, 5.74) is 0. The Morgan fingerprint density at radius 2 is 0.672 bits per heavy atom. The molecule has 3 N–H and O–H groups in total. The average Bonchev–Trinajstić information content (AvgIpc) is 3.26. The van der Waals surface area contributed by atoms with E-state index in [4.69, 9.17) is 0 Å². The molecule has 1 amide bonds. The van der Waals surface area contributed by atoms with Gasteiger partial charge in [-0.15, -0.1) is 0 Å². The molecule has 0 saturated carbocycles. The fraction of sp³-hybridized carbons (Fsp3) is 0.912. The van der Waals surface area contributed by atoms with E-state index in [2.05, 4.69) is 43.5 Å². The van der Waals surface area contributed by atoms with Gasteiger partial charge in [0.2, 0.25) is 5.91 Å². The predicted octanol–water partition coefficient (Wildman–Crippen LogP) is 18.3. The number of aliphatic hydroxyl groups excluding tert-OH is 2. The standard InChI is InChI=1S/C57H111NO3/c1-3-5-7-9-11-13-15-17-19-21-23-25-27-29-31-33-35-37-39-41-43-45-47-49-51-53-57(61)58-55(54-59)56(60)52-50-48-46-44-42-40-38-36-34-32-30-28-26-24-22-20-18-16-14-12-10-8-6-4-2/h23,25,29,31,55-56,59-60H,3-22,24,26-28,30,32-54H2,1-2H3,(H,58,61)/b25-23-,31-29-. The van der Waals surface area contributed by atoms with Gasteiger partial charge in [-0.05, 0) is 44.9 Å². The average molecular weight is 859 g/mol. The third-order valence-electron chi connectivity index (χ3n) is 13.2. The molecule has 2 unspecified atom stereocenters. The first-order valence-corrected chi connectivity index (χ1v) is 28.0. The van der Waals surface area contributed by atoms with Crippen molar-refractivity contribution in [2.45, 2.75) is 328 Å². The van der Waals surface area contributed by atoms with Gasteiger partial charge in [0.25, 0.3) is 0 Å². The second kappa shape index (κ2) is 53.2. The van der Waals surface area contributed by atoms with E-state index in [0.717, 1.165) is 32.1 Å². The molecule has 362 valence electrons. The monoisotopic (exact) mass is 858 g/mol. The molecule has 0 aliphatic rings. The molecule has 0 rings (SSSR count). The van der Waals surface area contributed by atoms with E-state index in [1.54, 1.807) is 0 Å². The lowest BCUT2D eigenvalue weighted by Crippen LogP contribution is -2.45. The number of allylic oxidation sites excluding steroid dienone is 4. The van der Waals surface area contributed by atoms with Crippen LogP contribution >= 0.6 is 0 Å². The van der Waals surface area contributed by atoms with Gasteiger partial charge in [-0.2, -0.15) is 0 Å². The van der Waals surface area contributed by atoms with Crippen molar-refractivity contribution in [2.75, 3.05) is 6.61 Å². The number of hydrogen-bond acceptors (Lipinski definition) is 3. The van der Waals surface area contributed by atoms with E-state index in [1.165, 1.54) is 257 Å². The Balaban J connectivity index is 3.46.